The standard InChI is InChI=1S/C10H16O5S2/c1-10(2)14-7-6(13-9(16)17-3)5(4-11)12-8(7)15-10/h5-8,11H,4H2,1-3H3/t5-,6+,7-,8-/m1/s1. The third-order valence-electron chi connectivity index (χ3n) is 2.67. The van der Waals surface area contributed by atoms with Gasteiger partial charge in [-0.1, -0.05) is 11.8 Å². The van der Waals surface area contributed by atoms with Gasteiger partial charge in [-0.25, -0.2) is 0 Å². The molecule has 0 saturated carbocycles. The largest absolute Gasteiger partial charge is 0.469 e. The van der Waals surface area contributed by atoms with Crippen LogP contribution in [0.4, 0.5) is 0 Å². The maximum Gasteiger partial charge on any atom is 0.220 e. The molecule has 0 aromatic carbocycles. The number of thiocarbonyl (C=S) groups is 1. The van der Waals surface area contributed by atoms with Crippen LogP contribution in [0.2, 0.25) is 0 Å². The Morgan fingerprint density at radius 3 is 2.76 bits per heavy atom. The van der Waals surface area contributed by atoms with Crippen LogP contribution in [0, 0.1) is 0 Å². The molecular formula is C10H16O5S2. The van der Waals surface area contributed by atoms with Crippen LogP contribution in [0.3, 0.4) is 0 Å². The fraction of sp³-hybridized carbons (Fsp3) is 0.900. The van der Waals surface area contributed by atoms with Crippen LogP contribution in [0.1, 0.15) is 13.8 Å². The Labute approximate surface area is 110 Å². The molecule has 5 nitrogen and oxygen atoms in total. The van der Waals surface area contributed by atoms with Crippen molar-refractivity contribution in [2.75, 3.05) is 12.9 Å². The monoisotopic (exact) mass is 280 g/mol. The molecule has 2 heterocycles. The van der Waals surface area contributed by atoms with E-state index in [9.17, 15) is 5.11 Å². The minimum Gasteiger partial charge on any atom is -0.469 e. The molecule has 4 atom stereocenters. The molecular weight excluding hydrogens is 264 g/mol. The molecule has 2 aliphatic heterocycles. The van der Waals surface area contributed by atoms with Gasteiger partial charge >= 0.3 is 0 Å². The molecule has 0 spiro atoms. The highest BCUT2D eigenvalue weighted by Gasteiger charge is 2.56. The lowest BCUT2D eigenvalue weighted by molar-refractivity contribution is -0.217. The molecule has 2 saturated heterocycles. The first-order valence-corrected chi connectivity index (χ1v) is 6.96. The summed E-state index contributed by atoms with van der Waals surface area (Å²) < 4.78 is 22.8. The van der Waals surface area contributed by atoms with E-state index in [0.29, 0.717) is 4.38 Å². The number of aliphatic hydroxyl groups excluding tert-OH is 1. The van der Waals surface area contributed by atoms with Crippen LogP contribution in [0.5, 0.6) is 0 Å². The van der Waals surface area contributed by atoms with Crippen molar-refractivity contribution in [3.8, 4) is 0 Å². The molecule has 2 fully saturated rings. The minimum atomic E-state index is -0.696. The van der Waals surface area contributed by atoms with Crippen LogP contribution in [-0.2, 0) is 18.9 Å². The van der Waals surface area contributed by atoms with Gasteiger partial charge in [0.1, 0.15) is 6.10 Å². The Kier molecular flexibility index (Phi) is 3.96. The van der Waals surface area contributed by atoms with Crippen molar-refractivity contribution in [2.24, 2.45) is 0 Å². The Bertz CT molecular complexity index is 309. The van der Waals surface area contributed by atoms with Gasteiger partial charge in [-0.05, 0) is 32.3 Å². The highest BCUT2D eigenvalue weighted by molar-refractivity contribution is 8.22. The number of ether oxygens (including phenoxy) is 4. The minimum absolute atomic E-state index is 0.151. The number of fused-ring (bicyclic) bond motifs is 1. The molecule has 0 unspecified atom stereocenters. The molecule has 98 valence electrons. The topological polar surface area (TPSA) is 57.2 Å². The van der Waals surface area contributed by atoms with Crippen molar-refractivity contribution >= 4 is 28.4 Å². The summed E-state index contributed by atoms with van der Waals surface area (Å²) in [6.45, 7) is 3.47. The third kappa shape index (κ3) is 2.74. The highest BCUT2D eigenvalue weighted by Crippen LogP contribution is 2.38. The fourth-order valence-electron chi connectivity index (χ4n) is 2.00. The summed E-state index contributed by atoms with van der Waals surface area (Å²) in [4.78, 5) is 0. The highest BCUT2D eigenvalue weighted by atomic mass is 32.2. The van der Waals surface area contributed by atoms with E-state index in [-0.39, 0.29) is 12.7 Å². The van der Waals surface area contributed by atoms with Gasteiger partial charge in [-0.2, -0.15) is 0 Å². The first kappa shape index (κ1) is 13.5. The molecule has 0 bridgehead atoms. The molecule has 7 heteroatoms. The summed E-state index contributed by atoms with van der Waals surface area (Å²) in [7, 11) is 0. The van der Waals surface area contributed by atoms with Gasteiger partial charge in [0.25, 0.3) is 0 Å². The van der Waals surface area contributed by atoms with Crippen LogP contribution in [0.15, 0.2) is 0 Å². The lowest BCUT2D eigenvalue weighted by Crippen LogP contribution is -2.39. The van der Waals surface area contributed by atoms with E-state index in [0.717, 1.165) is 0 Å². The quantitative estimate of drug-likeness (QED) is 0.754. The van der Waals surface area contributed by atoms with Gasteiger partial charge in [-0.3, -0.25) is 0 Å². The molecule has 0 aromatic rings. The Balaban J connectivity index is 2.08. The first-order valence-electron chi connectivity index (χ1n) is 5.33. The predicted molar refractivity (Wildman–Crippen MR) is 66.8 cm³/mol. The van der Waals surface area contributed by atoms with E-state index in [1.54, 1.807) is 0 Å². The summed E-state index contributed by atoms with van der Waals surface area (Å²) in [5.74, 6) is -0.696. The number of hydrogen-bond acceptors (Lipinski definition) is 7. The Hall–Kier alpha value is 0.0800. The fourth-order valence-corrected chi connectivity index (χ4v) is 2.31. The number of rotatable bonds is 2. The van der Waals surface area contributed by atoms with E-state index in [1.807, 2.05) is 20.1 Å². The van der Waals surface area contributed by atoms with E-state index < -0.39 is 24.3 Å². The van der Waals surface area contributed by atoms with Gasteiger partial charge in [0.2, 0.25) is 4.38 Å². The van der Waals surface area contributed by atoms with E-state index in [2.05, 4.69) is 0 Å². The molecule has 2 aliphatic rings. The number of aliphatic hydroxyl groups is 1. The lowest BCUT2D eigenvalue weighted by Gasteiger charge is -2.25. The van der Waals surface area contributed by atoms with Crippen LogP contribution >= 0.6 is 24.0 Å². The van der Waals surface area contributed by atoms with Gasteiger partial charge in [0, 0.05) is 0 Å². The van der Waals surface area contributed by atoms with Crippen molar-refractivity contribution in [1.82, 2.24) is 0 Å². The predicted octanol–water partition coefficient (Wildman–Crippen LogP) is 0.888. The Morgan fingerprint density at radius 1 is 1.47 bits per heavy atom. The maximum atomic E-state index is 9.24. The molecule has 0 aromatic heterocycles. The zero-order valence-electron chi connectivity index (χ0n) is 9.91. The average molecular weight is 280 g/mol. The van der Waals surface area contributed by atoms with Crippen molar-refractivity contribution < 1.29 is 24.1 Å². The smallest absolute Gasteiger partial charge is 0.220 e. The summed E-state index contributed by atoms with van der Waals surface area (Å²) in [5, 5.41) is 9.24. The SMILES string of the molecule is CSC(=S)O[C@@H]1[C@H]2OC(C)(C)O[C@H]2O[C@@H]1CO. The maximum absolute atomic E-state index is 9.24. The van der Waals surface area contributed by atoms with E-state index in [4.69, 9.17) is 31.2 Å². The zero-order chi connectivity index (χ0) is 12.6. The molecule has 17 heavy (non-hydrogen) atoms. The molecule has 0 amide bonds. The summed E-state index contributed by atoms with van der Waals surface area (Å²) in [5.41, 5.74) is 0. The van der Waals surface area contributed by atoms with E-state index >= 15 is 0 Å². The van der Waals surface area contributed by atoms with Gasteiger partial charge < -0.3 is 24.1 Å². The van der Waals surface area contributed by atoms with Gasteiger partial charge in [-0.15, -0.1) is 0 Å². The summed E-state index contributed by atoms with van der Waals surface area (Å²) >= 11 is 6.35. The van der Waals surface area contributed by atoms with Crippen molar-refractivity contribution in [3.63, 3.8) is 0 Å². The normalized spacial score (nSPS) is 39.1. The summed E-state index contributed by atoms with van der Waals surface area (Å²) in [6.07, 6.45) is 0.0847. The first-order chi connectivity index (χ1) is 7.96. The lowest BCUT2D eigenvalue weighted by atomic mass is 10.1. The van der Waals surface area contributed by atoms with Crippen LogP contribution in [0.25, 0.3) is 0 Å². The zero-order valence-corrected chi connectivity index (χ0v) is 11.5. The molecule has 1 N–H and O–H groups in total. The van der Waals surface area contributed by atoms with Gasteiger partial charge in [0.15, 0.2) is 24.3 Å². The second kappa shape index (κ2) is 4.99. The van der Waals surface area contributed by atoms with Crippen molar-refractivity contribution in [3.05, 3.63) is 0 Å². The third-order valence-corrected chi connectivity index (χ3v) is 3.69. The summed E-state index contributed by atoms with van der Waals surface area (Å²) in [6, 6.07) is 0. The van der Waals surface area contributed by atoms with Gasteiger partial charge in [0.05, 0.1) is 6.61 Å². The molecule has 2 rings (SSSR count). The molecule has 0 radical (unpaired) electrons. The second-order valence-corrected chi connectivity index (χ2v) is 5.77. The number of hydrogen-bond donors (Lipinski definition) is 1. The van der Waals surface area contributed by atoms with Crippen molar-refractivity contribution in [2.45, 2.75) is 44.2 Å². The second-order valence-electron chi connectivity index (χ2n) is 4.36. The van der Waals surface area contributed by atoms with Crippen LogP contribution < -0.4 is 0 Å². The van der Waals surface area contributed by atoms with E-state index in [1.165, 1.54) is 11.8 Å². The Morgan fingerprint density at radius 2 is 2.18 bits per heavy atom. The van der Waals surface area contributed by atoms with Crippen molar-refractivity contribution in [1.29, 1.82) is 0 Å². The number of thioether (sulfide) groups is 1. The average Bonchev–Trinajstić information content (AvgIpc) is 2.72. The van der Waals surface area contributed by atoms with Crippen LogP contribution in [-0.4, -0.2) is 52.7 Å². The molecule has 0 aliphatic carbocycles.